The molecule has 5 nitrogen and oxygen atoms in total. The van der Waals surface area contributed by atoms with Crippen LogP contribution in [0.25, 0.3) is 5.57 Å². The summed E-state index contributed by atoms with van der Waals surface area (Å²) in [5, 5.41) is 20.9. The van der Waals surface area contributed by atoms with Crippen LogP contribution >= 0.6 is 0 Å². The molecule has 1 amide bonds. The van der Waals surface area contributed by atoms with Crippen LogP contribution in [-0.4, -0.2) is 22.1 Å². The fourth-order valence-electron chi connectivity index (χ4n) is 1.97. The fourth-order valence-corrected chi connectivity index (χ4v) is 1.97. The molecule has 2 aromatic rings. The molecule has 0 saturated heterocycles. The van der Waals surface area contributed by atoms with E-state index in [1.54, 1.807) is 6.92 Å². The van der Waals surface area contributed by atoms with Gasteiger partial charge in [-0.2, -0.15) is 0 Å². The molecule has 0 aromatic heterocycles. The van der Waals surface area contributed by atoms with Crippen LogP contribution in [0.15, 0.2) is 54.6 Å². The fraction of sp³-hybridized carbons (Fsp3) is 0.0588. The van der Waals surface area contributed by atoms with Crippen LogP contribution in [0.5, 0.6) is 5.75 Å². The number of phenols is 1. The van der Waals surface area contributed by atoms with Crippen molar-refractivity contribution in [1.29, 1.82) is 0 Å². The van der Waals surface area contributed by atoms with Crippen molar-refractivity contribution < 1.29 is 19.8 Å². The van der Waals surface area contributed by atoms with Crippen LogP contribution in [-0.2, 0) is 4.79 Å². The second kappa shape index (κ2) is 6.58. The molecule has 0 saturated carbocycles. The maximum atomic E-state index is 12.0. The lowest BCUT2D eigenvalue weighted by Gasteiger charge is -2.08. The Morgan fingerprint density at radius 2 is 1.77 bits per heavy atom. The molecular weight excluding hydrogens is 282 g/mol. The number of nitrogens with one attached hydrogen (secondary N) is 1. The number of aromatic carboxylic acids is 1. The average molecular weight is 297 g/mol. The van der Waals surface area contributed by atoms with Crippen LogP contribution in [0.3, 0.4) is 0 Å². The van der Waals surface area contributed by atoms with Crippen molar-refractivity contribution in [1.82, 2.24) is 0 Å². The highest BCUT2D eigenvalue weighted by molar-refractivity contribution is 6.07. The number of amides is 1. The number of allylic oxidation sites excluding steroid dienone is 1. The van der Waals surface area contributed by atoms with Gasteiger partial charge in [0.2, 0.25) is 5.91 Å². The van der Waals surface area contributed by atoms with E-state index in [9.17, 15) is 14.7 Å². The highest BCUT2D eigenvalue weighted by atomic mass is 16.4. The third-order valence-corrected chi connectivity index (χ3v) is 3.07. The van der Waals surface area contributed by atoms with Gasteiger partial charge < -0.3 is 15.5 Å². The van der Waals surface area contributed by atoms with E-state index in [0.717, 1.165) is 17.2 Å². The molecule has 2 rings (SSSR count). The molecule has 0 radical (unpaired) electrons. The summed E-state index contributed by atoms with van der Waals surface area (Å²) in [6.45, 7) is 1.80. The van der Waals surface area contributed by atoms with Crippen molar-refractivity contribution in [3.8, 4) is 5.75 Å². The molecule has 3 N–H and O–H groups in total. The first kappa shape index (κ1) is 15.3. The maximum Gasteiger partial charge on any atom is 0.337 e. The second-order valence-corrected chi connectivity index (χ2v) is 4.72. The monoisotopic (exact) mass is 297 g/mol. The molecule has 2 aromatic carbocycles. The predicted molar refractivity (Wildman–Crippen MR) is 83.8 cm³/mol. The van der Waals surface area contributed by atoms with Crippen LogP contribution in [0, 0.1) is 0 Å². The molecule has 0 aliphatic heterocycles. The molecule has 112 valence electrons. The van der Waals surface area contributed by atoms with Crippen molar-refractivity contribution in [3.05, 3.63) is 65.7 Å². The Balaban J connectivity index is 2.21. The Hall–Kier alpha value is -3.08. The summed E-state index contributed by atoms with van der Waals surface area (Å²) in [5.74, 6) is -1.84. The number of hydrogen-bond acceptors (Lipinski definition) is 3. The highest BCUT2D eigenvalue weighted by Crippen LogP contribution is 2.22. The van der Waals surface area contributed by atoms with E-state index in [2.05, 4.69) is 5.32 Å². The summed E-state index contributed by atoms with van der Waals surface area (Å²) in [5.41, 5.74) is 1.63. The number of carbonyl (C=O) groups is 2. The van der Waals surface area contributed by atoms with Crippen molar-refractivity contribution in [3.63, 3.8) is 0 Å². The van der Waals surface area contributed by atoms with E-state index >= 15 is 0 Å². The largest absolute Gasteiger partial charge is 0.508 e. The van der Waals surface area contributed by atoms with Crippen LogP contribution in [0.1, 0.15) is 22.8 Å². The maximum absolute atomic E-state index is 12.0. The van der Waals surface area contributed by atoms with E-state index < -0.39 is 11.9 Å². The number of carboxylic acid groups (broad SMARTS) is 1. The van der Waals surface area contributed by atoms with Crippen molar-refractivity contribution in [2.24, 2.45) is 0 Å². The van der Waals surface area contributed by atoms with Gasteiger partial charge in [0.25, 0.3) is 0 Å². The Kier molecular flexibility index (Phi) is 4.58. The number of carbonyl (C=O) groups excluding carboxylic acids is 1. The minimum Gasteiger partial charge on any atom is -0.508 e. The van der Waals surface area contributed by atoms with Crippen LogP contribution < -0.4 is 5.32 Å². The topological polar surface area (TPSA) is 86.6 Å². The number of carboxylic acids is 1. The van der Waals surface area contributed by atoms with E-state index in [-0.39, 0.29) is 17.0 Å². The predicted octanol–water partition coefficient (Wildman–Crippen LogP) is 3.13. The summed E-state index contributed by atoms with van der Waals surface area (Å²) < 4.78 is 0. The number of benzene rings is 2. The Morgan fingerprint density at radius 1 is 1.09 bits per heavy atom. The van der Waals surface area contributed by atoms with Crippen LogP contribution in [0.2, 0.25) is 0 Å². The van der Waals surface area contributed by atoms with Gasteiger partial charge in [0, 0.05) is 6.08 Å². The lowest BCUT2D eigenvalue weighted by molar-refractivity contribution is -0.111. The number of rotatable bonds is 4. The zero-order chi connectivity index (χ0) is 16.1. The Morgan fingerprint density at radius 3 is 2.41 bits per heavy atom. The Labute approximate surface area is 127 Å². The zero-order valence-electron chi connectivity index (χ0n) is 11.9. The summed E-state index contributed by atoms with van der Waals surface area (Å²) in [7, 11) is 0. The van der Waals surface area contributed by atoms with Gasteiger partial charge in [-0.15, -0.1) is 0 Å². The molecule has 0 fully saturated rings. The first-order valence-corrected chi connectivity index (χ1v) is 6.58. The summed E-state index contributed by atoms with van der Waals surface area (Å²) in [4.78, 5) is 23.1. The quantitative estimate of drug-likeness (QED) is 0.597. The third-order valence-electron chi connectivity index (χ3n) is 3.07. The van der Waals surface area contributed by atoms with Crippen LogP contribution in [0.4, 0.5) is 5.69 Å². The van der Waals surface area contributed by atoms with E-state index in [1.165, 1.54) is 18.2 Å². The SMILES string of the molecule is C/C(=C/C(=O)Nc1ccc(O)cc1C(=O)O)c1ccccc1. The van der Waals surface area contributed by atoms with Gasteiger partial charge in [-0.1, -0.05) is 30.3 Å². The minimum absolute atomic E-state index is 0.132. The van der Waals surface area contributed by atoms with Gasteiger partial charge >= 0.3 is 5.97 Å². The van der Waals surface area contributed by atoms with Gasteiger partial charge in [-0.25, -0.2) is 4.79 Å². The third kappa shape index (κ3) is 3.73. The van der Waals surface area contributed by atoms with E-state index in [0.29, 0.717) is 0 Å². The number of hydrogen-bond donors (Lipinski definition) is 3. The summed E-state index contributed by atoms with van der Waals surface area (Å²) in [6, 6.07) is 13.1. The molecule has 0 atom stereocenters. The molecule has 0 bridgehead atoms. The Bertz CT molecular complexity index is 736. The minimum atomic E-state index is -1.23. The highest BCUT2D eigenvalue weighted by Gasteiger charge is 2.12. The summed E-state index contributed by atoms with van der Waals surface area (Å²) in [6.07, 6.45) is 1.40. The molecule has 0 unspecified atom stereocenters. The number of phenolic OH excluding ortho intramolecular Hbond substituents is 1. The molecule has 5 heteroatoms. The molecule has 0 aliphatic rings. The average Bonchev–Trinajstić information content (AvgIpc) is 2.49. The van der Waals surface area contributed by atoms with Gasteiger partial charge in [0.15, 0.2) is 0 Å². The number of aromatic hydroxyl groups is 1. The molecular formula is C17H15NO4. The first-order valence-electron chi connectivity index (χ1n) is 6.58. The van der Waals surface area contributed by atoms with E-state index in [1.807, 2.05) is 30.3 Å². The van der Waals surface area contributed by atoms with Crippen molar-refractivity contribution >= 4 is 23.1 Å². The lowest BCUT2D eigenvalue weighted by atomic mass is 10.1. The molecule has 0 spiro atoms. The molecule has 22 heavy (non-hydrogen) atoms. The molecule has 0 aliphatic carbocycles. The standard InChI is InChI=1S/C17H15NO4/c1-11(12-5-3-2-4-6-12)9-16(20)18-15-8-7-13(19)10-14(15)17(21)22/h2-10,19H,1H3,(H,18,20)(H,21,22)/b11-9-. The normalized spacial score (nSPS) is 11.0. The van der Waals surface area contributed by atoms with E-state index in [4.69, 9.17) is 5.11 Å². The van der Waals surface area contributed by atoms with Crippen molar-refractivity contribution in [2.75, 3.05) is 5.32 Å². The molecule has 0 heterocycles. The van der Waals surface area contributed by atoms with Gasteiger partial charge in [-0.3, -0.25) is 4.79 Å². The van der Waals surface area contributed by atoms with Gasteiger partial charge in [0.1, 0.15) is 5.75 Å². The number of anilines is 1. The zero-order valence-corrected chi connectivity index (χ0v) is 11.9. The second-order valence-electron chi connectivity index (χ2n) is 4.72. The van der Waals surface area contributed by atoms with Crippen molar-refractivity contribution in [2.45, 2.75) is 6.92 Å². The smallest absolute Gasteiger partial charge is 0.337 e. The van der Waals surface area contributed by atoms with Gasteiger partial charge in [-0.05, 0) is 36.3 Å². The summed E-state index contributed by atoms with van der Waals surface area (Å²) >= 11 is 0. The van der Waals surface area contributed by atoms with Gasteiger partial charge in [0.05, 0.1) is 11.3 Å². The first-order chi connectivity index (χ1) is 10.5. The lowest BCUT2D eigenvalue weighted by Crippen LogP contribution is -2.12.